The highest BCUT2D eigenvalue weighted by atomic mass is 16.6. The van der Waals surface area contributed by atoms with Gasteiger partial charge in [-0.1, -0.05) is 30.3 Å². The maximum atomic E-state index is 11.6. The molecule has 1 amide bonds. The SMILES string of the molecule is CC(C)(C)OC(=O)NCCCN(CCN)Cc1ccccc1. The topological polar surface area (TPSA) is 67.6 Å². The summed E-state index contributed by atoms with van der Waals surface area (Å²) in [6.45, 7) is 9.42. The smallest absolute Gasteiger partial charge is 0.407 e. The Kier molecular flexibility index (Phi) is 7.91. The molecule has 0 bridgehead atoms. The van der Waals surface area contributed by atoms with E-state index >= 15 is 0 Å². The van der Waals surface area contributed by atoms with Crippen molar-refractivity contribution >= 4 is 6.09 Å². The molecule has 0 aliphatic carbocycles. The molecule has 0 saturated heterocycles. The van der Waals surface area contributed by atoms with Gasteiger partial charge in [0.05, 0.1) is 0 Å². The van der Waals surface area contributed by atoms with Gasteiger partial charge in [0.25, 0.3) is 0 Å². The van der Waals surface area contributed by atoms with Crippen LogP contribution in [0.3, 0.4) is 0 Å². The molecule has 0 atom stereocenters. The summed E-state index contributed by atoms with van der Waals surface area (Å²) in [4.78, 5) is 13.9. The van der Waals surface area contributed by atoms with E-state index in [-0.39, 0.29) is 6.09 Å². The minimum atomic E-state index is -0.455. The molecular formula is C17H29N3O2. The number of alkyl carbamates (subject to hydrolysis) is 1. The van der Waals surface area contributed by atoms with Crippen molar-refractivity contribution in [3.05, 3.63) is 35.9 Å². The van der Waals surface area contributed by atoms with Crippen LogP contribution >= 0.6 is 0 Å². The van der Waals surface area contributed by atoms with Gasteiger partial charge in [-0.2, -0.15) is 0 Å². The predicted molar refractivity (Wildman–Crippen MR) is 89.6 cm³/mol. The van der Waals surface area contributed by atoms with Crippen molar-refractivity contribution in [1.82, 2.24) is 10.2 Å². The minimum absolute atomic E-state index is 0.360. The van der Waals surface area contributed by atoms with Gasteiger partial charge in [0, 0.05) is 32.7 Å². The standard InChI is InChI=1S/C17H29N3O2/c1-17(2,3)22-16(21)19-11-7-12-20(13-10-18)14-15-8-5-4-6-9-15/h4-6,8-9H,7,10-14,18H2,1-3H3,(H,19,21). The van der Waals surface area contributed by atoms with Gasteiger partial charge in [0.1, 0.15) is 5.60 Å². The van der Waals surface area contributed by atoms with Crippen molar-refractivity contribution in [2.45, 2.75) is 39.3 Å². The summed E-state index contributed by atoms with van der Waals surface area (Å²) in [6, 6.07) is 10.3. The first-order valence-electron chi connectivity index (χ1n) is 7.84. The van der Waals surface area contributed by atoms with E-state index in [9.17, 15) is 4.79 Å². The number of hydrogen-bond donors (Lipinski definition) is 2. The summed E-state index contributed by atoms with van der Waals surface area (Å²) in [5.41, 5.74) is 6.49. The number of benzene rings is 1. The van der Waals surface area contributed by atoms with Crippen LogP contribution in [-0.2, 0) is 11.3 Å². The molecule has 0 aliphatic heterocycles. The van der Waals surface area contributed by atoms with Gasteiger partial charge in [-0.3, -0.25) is 4.90 Å². The average molecular weight is 307 g/mol. The Morgan fingerprint density at radius 3 is 2.50 bits per heavy atom. The highest BCUT2D eigenvalue weighted by molar-refractivity contribution is 5.67. The number of carbonyl (C=O) groups is 1. The number of amides is 1. The number of hydrogen-bond acceptors (Lipinski definition) is 4. The minimum Gasteiger partial charge on any atom is -0.444 e. The van der Waals surface area contributed by atoms with Crippen LogP contribution in [0.1, 0.15) is 32.8 Å². The second-order valence-corrected chi connectivity index (χ2v) is 6.33. The zero-order valence-corrected chi connectivity index (χ0v) is 14.0. The zero-order valence-electron chi connectivity index (χ0n) is 14.0. The average Bonchev–Trinajstić information content (AvgIpc) is 2.43. The van der Waals surface area contributed by atoms with Gasteiger partial charge in [-0.15, -0.1) is 0 Å². The lowest BCUT2D eigenvalue weighted by Crippen LogP contribution is -2.35. The first kappa shape index (κ1) is 18.5. The molecule has 5 heteroatoms. The quantitative estimate of drug-likeness (QED) is 0.724. The van der Waals surface area contributed by atoms with Crippen molar-refractivity contribution in [2.24, 2.45) is 5.73 Å². The molecule has 1 aromatic rings. The monoisotopic (exact) mass is 307 g/mol. The Labute approximate surface area is 133 Å². The zero-order chi connectivity index (χ0) is 16.4. The summed E-state index contributed by atoms with van der Waals surface area (Å²) in [7, 11) is 0. The molecule has 0 aliphatic rings. The van der Waals surface area contributed by atoms with Crippen LogP contribution in [0, 0.1) is 0 Å². The normalized spacial score (nSPS) is 11.5. The largest absolute Gasteiger partial charge is 0.444 e. The number of ether oxygens (including phenoxy) is 1. The van der Waals surface area contributed by atoms with Crippen LogP contribution in [0.5, 0.6) is 0 Å². The number of rotatable bonds is 8. The van der Waals surface area contributed by atoms with Crippen molar-refractivity contribution in [2.75, 3.05) is 26.2 Å². The van der Waals surface area contributed by atoms with Gasteiger partial charge in [-0.05, 0) is 32.8 Å². The number of nitrogens with two attached hydrogens (primary N) is 1. The van der Waals surface area contributed by atoms with Crippen LogP contribution in [-0.4, -0.2) is 42.8 Å². The molecule has 22 heavy (non-hydrogen) atoms. The second-order valence-electron chi connectivity index (χ2n) is 6.33. The Bertz CT molecular complexity index is 429. The summed E-state index contributed by atoms with van der Waals surface area (Å²) >= 11 is 0. The van der Waals surface area contributed by atoms with E-state index in [1.807, 2.05) is 39.0 Å². The first-order chi connectivity index (χ1) is 10.4. The van der Waals surface area contributed by atoms with Crippen LogP contribution in [0.4, 0.5) is 4.79 Å². The molecule has 0 unspecified atom stereocenters. The van der Waals surface area contributed by atoms with E-state index in [0.29, 0.717) is 13.1 Å². The van der Waals surface area contributed by atoms with Gasteiger partial charge < -0.3 is 15.8 Å². The van der Waals surface area contributed by atoms with E-state index in [1.165, 1.54) is 5.56 Å². The third kappa shape index (κ3) is 8.64. The highest BCUT2D eigenvalue weighted by Gasteiger charge is 2.15. The predicted octanol–water partition coefficient (Wildman–Crippen LogP) is 2.36. The third-order valence-corrected chi connectivity index (χ3v) is 3.01. The molecule has 124 valence electrons. The van der Waals surface area contributed by atoms with Crippen LogP contribution in [0.15, 0.2) is 30.3 Å². The fourth-order valence-corrected chi connectivity index (χ4v) is 2.10. The third-order valence-electron chi connectivity index (χ3n) is 3.01. The Balaban J connectivity index is 2.28. The first-order valence-corrected chi connectivity index (χ1v) is 7.84. The Hall–Kier alpha value is -1.59. The number of nitrogens with one attached hydrogen (secondary N) is 1. The Morgan fingerprint density at radius 2 is 1.91 bits per heavy atom. The van der Waals surface area contributed by atoms with Gasteiger partial charge in [0.15, 0.2) is 0 Å². The summed E-state index contributed by atoms with van der Waals surface area (Å²) in [5.74, 6) is 0. The summed E-state index contributed by atoms with van der Waals surface area (Å²) < 4.78 is 5.20. The lowest BCUT2D eigenvalue weighted by atomic mass is 10.2. The Morgan fingerprint density at radius 1 is 1.23 bits per heavy atom. The lowest BCUT2D eigenvalue weighted by Gasteiger charge is -2.22. The molecule has 0 saturated carbocycles. The molecule has 0 heterocycles. The summed E-state index contributed by atoms with van der Waals surface area (Å²) in [6.07, 6.45) is 0.507. The number of carbonyl (C=O) groups excluding carboxylic acids is 1. The van der Waals surface area contributed by atoms with E-state index in [0.717, 1.165) is 26.1 Å². The molecule has 0 fully saturated rings. The molecule has 0 spiro atoms. The molecular weight excluding hydrogens is 278 g/mol. The van der Waals surface area contributed by atoms with Crippen molar-refractivity contribution in [3.8, 4) is 0 Å². The molecule has 0 radical (unpaired) electrons. The van der Waals surface area contributed by atoms with E-state index in [4.69, 9.17) is 10.5 Å². The van der Waals surface area contributed by atoms with Gasteiger partial charge >= 0.3 is 6.09 Å². The van der Waals surface area contributed by atoms with Crippen LogP contribution in [0.25, 0.3) is 0 Å². The van der Waals surface area contributed by atoms with Crippen molar-refractivity contribution in [3.63, 3.8) is 0 Å². The fraction of sp³-hybridized carbons (Fsp3) is 0.588. The highest BCUT2D eigenvalue weighted by Crippen LogP contribution is 2.07. The fourth-order valence-electron chi connectivity index (χ4n) is 2.10. The van der Waals surface area contributed by atoms with Crippen LogP contribution in [0.2, 0.25) is 0 Å². The second kappa shape index (κ2) is 9.43. The summed E-state index contributed by atoms with van der Waals surface area (Å²) in [5, 5.41) is 2.78. The van der Waals surface area contributed by atoms with E-state index in [2.05, 4.69) is 22.3 Å². The van der Waals surface area contributed by atoms with Gasteiger partial charge in [0.2, 0.25) is 0 Å². The maximum absolute atomic E-state index is 11.6. The number of nitrogens with zero attached hydrogens (tertiary/aromatic N) is 1. The molecule has 0 aromatic heterocycles. The molecule has 1 aromatic carbocycles. The molecule has 5 nitrogen and oxygen atoms in total. The maximum Gasteiger partial charge on any atom is 0.407 e. The van der Waals surface area contributed by atoms with Gasteiger partial charge in [-0.25, -0.2) is 4.79 Å². The molecule has 3 N–H and O–H groups in total. The van der Waals surface area contributed by atoms with Crippen LogP contribution < -0.4 is 11.1 Å². The van der Waals surface area contributed by atoms with E-state index in [1.54, 1.807) is 0 Å². The molecule has 1 rings (SSSR count). The van der Waals surface area contributed by atoms with Crippen molar-refractivity contribution < 1.29 is 9.53 Å². The lowest BCUT2D eigenvalue weighted by molar-refractivity contribution is 0.0525. The van der Waals surface area contributed by atoms with Crippen molar-refractivity contribution in [1.29, 1.82) is 0 Å². The van der Waals surface area contributed by atoms with E-state index < -0.39 is 5.60 Å².